The molecular weight excluding hydrogens is 295 g/mol. The van der Waals surface area contributed by atoms with Crippen LogP contribution in [0.1, 0.15) is 30.1 Å². The Morgan fingerprint density at radius 1 is 1.27 bits per heavy atom. The first kappa shape index (κ1) is 14.6. The Bertz CT molecular complexity index is 675. The number of alkyl halides is 3. The molecule has 1 fully saturated rings. The lowest BCUT2D eigenvalue weighted by Gasteiger charge is -2.08. The fourth-order valence-electron chi connectivity index (χ4n) is 2.26. The highest BCUT2D eigenvalue weighted by atomic mass is 19.4. The van der Waals surface area contributed by atoms with Gasteiger partial charge in [0.2, 0.25) is 5.91 Å². The maximum atomic E-state index is 12.8. The molecule has 0 unspecified atom stereocenters. The molecule has 1 N–H and O–H groups in total. The number of nitrogens with one attached hydrogen (secondary N) is 1. The number of anilines is 1. The minimum atomic E-state index is -4.50. The predicted molar refractivity (Wildman–Crippen MR) is 74.3 cm³/mol. The Balaban J connectivity index is 1.76. The van der Waals surface area contributed by atoms with E-state index in [1.807, 2.05) is 6.07 Å². The molecule has 0 aliphatic heterocycles. The van der Waals surface area contributed by atoms with Crippen LogP contribution in [0.4, 0.5) is 18.9 Å². The van der Waals surface area contributed by atoms with E-state index in [9.17, 15) is 18.0 Å². The standard InChI is InChI=1S/C15H14F3N3O/c16-15(17,18)13-8-12(10-6-7-10)21(20-13)9-14(22)19-11-4-2-1-3-5-11/h1-5,8,10H,6-7,9H2,(H,19,22). The van der Waals surface area contributed by atoms with Crippen LogP contribution in [-0.2, 0) is 17.5 Å². The van der Waals surface area contributed by atoms with Crippen LogP contribution in [0.3, 0.4) is 0 Å². The summed E-state index contributed by atoms with van der Waals surface area (Å²) in [6, 6.07) is 9.81. The van der Waals surface area contributed by atoms with Crippen molar-refractivity contribution < 1.29 is 18.0 Å². The highest BCUT2D eigenvalue weighted by Gasteiger charge is 2.38. The van der Waals surface area contributed by atoms with Crippen molar-refractivity contribution >= 4 is 11.6 Å². The van der Waals surface area contributed by atoms with Gasteiger partial charge >= 0.3 is 6.18 Å². The zero-order valence-electron chi connectivity index (χ0n) is 11.6. The molecule has 7 heteroatoms. The molecule has 1 aromatic heterocycles. The zero-order chi connectivity index (χ0) is 15.7. The van der Waals surface area contributed by atoms with Gasteiger partial charge in [-0.1, -0.05) is 18.2 Å². The average Bonchev–Trinajstić information content (AvgIpc) is 3.20. The number of aromatic nitrogens is 2. The summed E-state index contributed by atoms with van der Waals surface area (Å²) < 4.78 is 39.5. The number of benzene rings is 1. The fourth-order valence-corrected chi connectivity index (χ4v) is 2.26. The number of hydrogen-bond acceptors (Lipinski definition) is 2. The molecule has 1 aliphatic rings. The lowest BCUT2D eigenvalue weighted by molar-refractivity contribution is -0.141. The monoisotopic (exact) mass is 309 g/mol. The third-order valence-electron chi connectivity index (χ3n) is 3.45. The average molecular weight is 309 g/mol. The predicted octanol–water partition coefficient (Wildman–Crippen LogP) is 3.42. The number of para-hydroxylation sites is 1. The normalized spacial score (nSPS) is 14.9. The van der Waals surface area contributed by atoms with Crippen molar-refractivity contribution in [1.82, 2.24) is 9.78 Å². The first-order valence-corrected chi connectivity index (χ1v) is 6.93. The van der Waals surface area contributed by atoms with Crippen molar-refractivity contribution in [1.29, 1.82) is 0 Å². The Kier molecular flexibility index (Phi) is 3.64. The molecule has 1 aromatic carbocycles. The van der Waals surface area contributed by atoms with Crippen molar-refractivity contribution in [3.05, 3.63) is 47.8 Å². The largest absolute Gasteiger partial charge is 0.435 e. The molecule has 0 spiro atoms. The summed E-state index contributed by atoms with van der Waals surface area (Å²) in [5.74, 6) is -0.321. The topological polar surface area (TPSA) is 46.9 Å². The van der Waals surface area contributed by atoms with E-state index in [0.29, 0.717) is 11.4 Å². The zero-order valence-corrected chi connectivity index (χ0v) is 11.6. The van der Waals surface area contributed by atoms with Gasteiger partial charge in [-0.25, -0.2) is 0 Å². The number of amides is 1. The number of carbonyl (C=O) groups is 1. The van der Waals surface area contributed by atoms with Gasteiger partial charge in [-0.3, -0.25) is 9.48 Å². The van der Waals surface area contributed by atoms with E-state index < -0.39 is 17.8 Å². The molecule has 22 heavy (non-hydrogen) atoms. The number of rotatable bonds is 4. The summed E-state index contributed by atoms with van der Waals surface area (Å²) in [5.41, 5.74) is 0.140. The number of nitrogens with zero attached hydrogens (tertiary/aromatic N) is 2. The molecule has 1 saturated carbocycles. The summed E-state index contributed by atoms with van der Waals surface area (Å²) in [6.07, 6.45) is -2.82. The molecule has 0 bridgehead atoms. The minimum absolute atomic E-state index is 0.0770. The van der Waals surface area contributed by atoms with Crippen LogP contribution in [0.5, 0.6) is 0 Å². The Morgan fingerprint density at radius 3 is 2.55 bits per heavy atom. The SMILES string of the molecule is O=C(Cn1nc(C(F)(F)F)cc1C1CC1)Nc1ccccc1. The van der Waals surface area contributed by atoms with Gasteiger partial charge < -0.3 is 5.32 Å². The summed E-state index contributed by atoms with van der Waals surface area (Å²) in [6.45, 7) is -0.225. The fraction of sp³-hybridized carbons (Fsp3) is 0.333. The van der Waals surface area contributed by atoms with Gasteiger partial charge in [-0.05, 0) is 31.0 Å². The van der Waals surface area contributed by atoms with Crippen LogP contribution in [0.15, 0.2) is 36.4 Å². The molecule has 1 aliphatic carbocycles. The van der Waals surface area contributed by atoms with Crippen molar-refractivity contribution in [3.63, 3.8) is 0 Å². The molecule has 0 atom stereocenters. The van der Waals surface area contributed by atoms with Gasteiger partial charge in [0.25, 0.3) is 0 Å². The smallest absolute Gasteiger partial charge is 0.324 e. The Morgan fingerprint density at radius 2 is 1.95 bits per heavy atom. The van der Waals surface area contributed by atoms with Crippen LogP contribution in [0, 0.1) is 0 Å². The van der Waals surface area contributed by atoms with Crippen LogP contribution in [0.25, 0.3) is 0 Å². The van der Waals surface area contributed by atoms with E-state index >= 15 is 0 Å². The van der Waals surface area contributed by atoms with Gasteiger partial charge in [-0.2, -0.15) is 18.3 Å². The molecule has 3 rings (SSSR count). The van der Waals surface area contributed by atoms with Crippen LogP contribution < -0.4 is 5.32 Å². The van der Waals surface area contributed by atoms with E-state index in [1.54, 1.807) is 24.3 Å². The van der Waals surface area contributed by atoms with Gasteiger partial charge in [0.15, 0.2) is 5.69 Å². The number of hydrogen-bond donors (Lipinski definition) is 1. The van der Waals surface area contributed by atoms with Crippen molar-refractivity contribution in [2.45, 2.75) is 31.5 Å². The lowest BCUT2D eigenvalue weighted by atomic mass is 10.2. The van der Waals surface area contributed by atoms with Gasteiger partial charge in [0.1, 0.15) is 6.54 Å². The highest BCUT2D eigenvalue weighted by Crippen LogP contribution is 2.42. The van der Waals surface area contributed by atoms with Gasteiger partial charge in [0.05, 0.1) is 0 Å². The number of halogens is 3. The Labute approximate surface area is 124 Å². The van der Waals surface area contributed by atoms with Crippen molar-refractivity contribution in [3.8, 4) is 0 Å². The maximum Gasteiger partial charge on any atom is 0.435 e. The summed E-state index contributed by atoms with van der Waals surface area (Å²) >= 11 is 0. The molecule has 2 aromatic rings. The van der Waals surface area contributed by atoms with E-state index in [4.69, 9.17) is 0 Å². The molecule has 116 valence electrons. The number of carbonyl (C=O) groups excluding carboxylic acids is 1. The summed E-state index contributed by atoms with van der Waals surface area (Å²) in [7, 11) is 0. The first-order valence-electron chi connectivity index (χ1n) is 6.93. The first-order chi connectivity index (χ1) is 10.4. The minimum Gasteiger partial charge on any atom is -0.324 e. The van der Waals surface area contributed by atoms with Crippen LogP contribution in [0.2, 0.25) is 0 Å². The molecule has 1 heterocycles. The summed E-state index contributed by atoms with van der Waals surface area (Å²) in [5, 5.41) is 6.20. The molecule has 0 radical (unpaired) electrons. The van der Waals surface area contributed by atoms with E-state index in [0.717, 1.165) is 18.9 Å². The van der Waals surface area contributed by atoms with Crippen molar-refractivity contribution in [2.75, 3.05) is 5.32 Å². The Hall–Kier alpha value is -2.31. The summed E-state index contributed by atoms with van der Waals surface area (Å²) in [4.78, 5) is 12.0. The van der Waals surface area contributed by atoms with Gasteiger partial charge in [-0.15, -0.1) is 0 Å². The third kappa shape index (κ3) is 3.29. The maximum absolute atomic E-state index is 12.8. The van der Waals surface area contributed by atoms with Crippen LogP contribution >= 0.6 is 0 Å². The second kappa shape index (κ2) is 5.47. The second-order valence-corrected chi connectivity index (χ2v) is 5.30. The second-order valence-electron chi connectivity index (χ2n) is 5.30. The third-order valence-corrected chi connectivity index (χ3v) is 3.45. The quantitative estimate of drug-likeness (QED) is 0.940. The van der Waals surface area contributed by atoms with Crippen LogP contribution in [-0.4, -0.2) is 15.7 Å². The van der Waals surface area contributed by atoms with Gasteiger partial charge in [0, 0.05) is 17.3 Å². The molecule has 4 nitrogen and oxygen atoms in total. The highest BCUT2D eigenvalue weighted by molar-refractivity contribution is 5.90. The molecule has 1 amide bonds. The molecule has 0 saturated heterocycles. The molecular formula is C15H14F3N3O. The van der Waals surface area contributed by atoms with Crippen molar-refractivity contribution in [2.24, 2.45) is 0 Å². The van der Waals surface area contributed by atoms with E-state index in [2.05, 4.69) is 10.4 Å². The lowest BCUT2D eigenvalue weighted by Crippen LogP contribution is -2.21. The van der Waals surface area contributed by atoms with E-state index in [1.165, 1.54) is 4.68 Å². The van der Waals surface area contributed by atoms with E-state index in [-0.39, 0.29) is 12.5 Å².